The summed E-state index contributed by atoms with van der Waals surface area (Å²) in [5.74, 6) is 0.344. The molecule has 0 radical (unpaired) electrons. The summed E-state index contributed by atoms with van der Waals surface area (Å²) in [6, 6.07) is 11.5. The van der Waals surface area contributed by atoms with Gasteiger partial charge in [-0.3, -0.25) is 4.79 Å². The van der Waals surface area contributed by atoms with Gasteiger partial charge in [-0.25, -0.2) is 4.39 Å². The Morgan fingerprint density at radius 3 is 2.62 bits per heavy atom. The van der Waals surface area contributed by atoms with Crippen molar-refractivity contribution < 1.29 is 13.9 Å². The molecule has 2 rings (SSSR count). The van der Waals surface area contributed by atoms with Gasteiger partial charge >= 0.3 is 0 Å². The summed E-state index contributed by atoms with van der Waals surface area (Å²) in [5.41, 5.74) is 5.94. The maximum Gasteiger partial charge on any atom is 0.234 e. The van der Waals surface area contributed by atoms with Crippen molar-refractivity contribution in [3.05, 3.63) is 48.3 Å². The molecule has 0 aliphatic heterocycles. The molecule has 0 fully saturated rings. The SMILES string of the molecule is COc1ccc(SCC(=O)Nc2ccc(F)c(N)c2)cc1. The molecule has 0 unspecified atom stereocenters. The minimum absolute atomic E-state index is 0.00982. The van der Waals surface area contributed by atoms with E-state index in [1.807, 2.05) is 24.3 Å². The average molecular weight is 306 g/mol. The molecule has 0 spiro atoms. The van der Waals surface area contributed by atoms with E-state index in [9.17, 15) is 9.18 Å². The average Bonchev–Trinajstić information content (AvgIpc) is 2.49. The van der Waals surface area contributed by atoms with Crippen LogP contribution >= 0.6 is 11.8 Å². The Kier molecular flexibility index (Phi) is 5.05. The van der Waals surface area contributed by atoms with Gasteiger partial charge in [0.2, 0.25) is 5.91 Å². The van der Waals surface area contributed by atoms with Crippen molar-refractivity contribution in [1.29, 1.82) is 0 Å². The number of ether oxygens (including phenoxy) is 1. The van der Waals surface area contributed by atoms with E-state index < -0.39 is 5.82 Å². The van der Waals surface area contributed by atoms with Crippen molar-refractivity contribution in [2.24, 2.45) is 0 Å². The van der Waals surface area contributed by atoms with E-state index in [1.54, 1.807) is 7.11 Å². The molecule has 0 aliphatic carbocycles. The lowest BCUT2D eigenvalue weighted by molar-refractivity contribution is -0.113. The van der Waals surface area contributed by atoms with Crippen LogP contribution in [0.5, 0.6) is 5.75 Å². The number of carbonyl (C=O) groups is 1. The molecule has 3 N–H and O–H groups in total. The third-order valence-corrected chi connectivity index (χ3v) is 3.72. The summed E-state index contributed by atoms with van der Waals surface area (Å²) in [6.07, 6.45) is 0. The fraction of sp³-hybridized carbons (Fsp3) is 0.133. The maximum absolute atomic E-state index is 13.0. The molecule has 21 heavy (non-hydrogen) atoms. The number of nitrogens with one attached hydrogen (secondary N) is 1. The van der Waals surface area contributed by atoms with E-state index in [4.69, 9.17) is 10.5 Å². The van der Waals surface area contributed by atoms with Gasteiger partial charge in [0, 0.05) is 10.6 Å². The van der Waals surface area contributed by atoms with Crippen molar-refractivity contribution in [2.45, 2.75) is 4.90 Å². The van der Waals surface area contributed by atoms with E-state index in [2.05, 4.69) is 5.32 Å². The Morgan fingerprint density at radius 1 is 1.29 bits per heavy atom. The zero-order chi connectivity index (χ0) is 15.2. The first-order valence-corrected chi connectivity index (χ1v) is 7.19. The zero-order valence-electron chi connectivity index (χ0n) is 11.4. The lowest BCUT2D eigenvalue weighted by Crippen LogP contribution is -2.14. The van der Waals surface area contributed by atoms with Gasteiger partial charge < -0.3 is 15.8 Å². The topological polar surface area (TPSA) is 64.3 Å². The number of hydrogen-bond donors (Lipinski definition) is 2. The fourth-order valence-corrected chi connectivity index (χ4v) is 2.34. The van der Waals surface area contributed by atoms with Crippen LogP contribution in [-0.4, -0.2) is 18.8 Å². The zero-order valence-corrected chi connectivity index (χ0v) is 12.2. The van der Waals surface area contributed by atoms with Crippen LogP contribution in [0.2, 0.25) is 0 Å². The predicted molar refractivity (Wildman–Crippen MR) is 83.2 cm³/mol. The smallest absolute Gasteiger partial charge is 0.234 e. The van der Waals surface area contributed by atoms with Gasteiger partial charge in [-0.2, -0.15) is 0 Å². The number of carbonyl (C=O) groups excluding carboxylic acids is 1. The molecule has 2 aromatic rings. The molecule has 0 saturated carbocycles. The molecule has 110 valence electrons. The third-order valence-electron chi connectivity index (χ3n) is 2.71. The molecule has 4 nitrogen and oxygen atoms in total. The summed E-state index contributed by atoms with van der Waals surface area (Å²) in [5, 5.41) is 2.67. The lowest BCUT2D eigenvalue weighted by Gasteiger charge is -2.07. The van der Waals surface area contributed by atoms with Crippen molar-refractivity contribution in [1.82, 2.24) is 0 Å². The van der Waals surface area contributed by atoms with Crippen molar-refractivity contribution in [3.8, 4) is 5.75 Å². The summed E-state index contributed by atoms with van der Waals surface area (Å²) in [4.78, 5) is 12.8. The van der Waals surface area contributed by atoms with Crippen molar-refractivity contribution >= 4 is 29.0 Å². The number of amides is 1. The largest absolute Gasteiger partial charge is 0.497 e. The second-order valence-corrected chi connectivity index (χ2v) is 5.30. The van der Waals surface area contributed by atoms with Gasteiger partial charge in [-0.1, -0.05) is 0 Å². The van der Waals surface area contributed by atoms with Gasteiger partial charge in [-0.15, -0.1) is 11.8 Å². The van der Waals surface area contributed by atoms with Crippen molar-refractivity contribution in [3.63, 3.8) is 0 Å². The Bertz CT molecular complexity index is 632. The van der Waals surface area contributed by atoms with Gasteiger partial charge in [-0.05, 0) is 42.5 Å². The summed E-state index contributed by atoms with van der Waals surface area (Å²) >= 11 is 1.40. The van der Waals surface area contributed by atoms with E-state index in [0.29, 0.717) is 5.69 Å². The Morgan fingerprint density at radius 2 is 2.00 bits per heavy atom. The molecule has 1 amide bonds. The molecule has 0 bridgehead atoms. The van der Waals surface area contributed by atoms with E-state index in [-0.39, 0.29) is 17.3 Å². The molecular weight excluding hydrogens is 291 g/mol. The predicted octanol–water partition coefficient (Wildman–Crippen LogP) is 3.15. The van der Waals surface area contributed by atoms with Gasteiger partial charge in [0.25, 0.3) is 0 Å². The first-order chi connectivity index (χ1) is 10.1. The molecule has 0 saturated heterocycles. The molecule has 6 heteroatoms. The minimum Gasteiger partial charge on any atom is -0.497 e. The minimum atomic E-state index is -0.499. The van der Waals surface area contributed by atoms with Crippen LogP contribution in [0.25, 0.3) is 0 Å². The normalized spacial score (nSPS) is 10.2. The first kappa shape index (κ1) is 15.2. The summed E-state index contributed by atoms with van der Waals surface area (Å²) in [6.45, 7) is 0. The second-order valence-electron chi connectivity index (χ2n) is 4.25. The molecule has 0 aliphatic rings. The van der Waals surface area contributed by atoms with Crippen LogP contribution in [0.3, 0.4) is 0 Å². The van der Waals surface area contributed by atoms with Crippen LogP contribution in [0, 0.1) is 5.82 Å². The van der Waals surface area contributed by atoms with E-state index in [1.165, 1.54) is 30.0 Å². The maximum atomic E-state index is 13.0. The van der Waals surface area contributed by atoms with Gasteiger partial charge in [0.05, 0.1) is 18.6 Å². The number of rotatable bonds is 5. The van der Waals surface area contributed by atoms with E-state index in [0.717, 1.165) is 10.6 Å². The Balaban J connectivity index is 1.87. The fourth-order valence-electron chi connectivity index (χ4n) is 1.64. The number of anilines is 2. The molecular formula is C15H15FN2O2S. The van der Waals surface area contributed by atoms with Gasteiger partial charge in [0.1, 0.15) is 11.6 Å². The highest BCUT2D eigenvalue weighted by Gasteiger charge is 2.06. The van der Waals surface area contributed by atoms with Crippen LogP contribution in [0.15, 0.2) is 47.4 Å². The number of methoxy groups -OCH3 is 1. The molecule has 2 aromatic carbocycles. The number of benzene rings is 2. The lowest BCUT2D eigenvalue weighted by atomic mass is 10.2. The standard InChI is InChI=1S/C15H15FN2O2S/c1-20-11-3-5-12(6-4-11)21-9-15(19)18-10-2-7-13(16)14(17)8-10/h2-8H,9,17H2,1H3,(H,18,19). The first-order valence-electron chi connectivity index (χ1n) is 6.20. The van der Waals surface area contributed by atoms with Crippen LogP contribution in [0.1, 0.15) is 0 Å². The van der Waals surface area contributed by atoms with Crippen LogP contribution in [0.4, 0.5) is 15.8 Å². The van der Waals surface area contributed by atoms with Gasteiger partial charge in [0.15, 0.2) is 0 Å². The van der Waals surface area contributed by atoms with Crippen LogP contribution < -0.4 is 15.8 Å². The number of nitrogen functional groups attached to an aromatic ring is 1. The quantitative estimate of drug-likeness (QED) is 0.658. The highest BCUT2D eigenvalue weighted by Crippen LogP contribution is 2.22. The van der Waals surface area contributed by atoms with E-state index >= 15 is 0 Å². The number of hydrogen-bond acceptors (Lipinski definition) is 4. The molecule has 0 aromatic heterocycles. The van der Waals surface area contributed by atoms with Crippen LogP contribution in [-0.2, 0) is 4.79 Å². The molecule has 0 atom stereocenters. The third kappa shape index (κ3) is 4.39. The number of halogens is 1. The summed E-state index contributed by atoms with van der Waals surface area (Å²) in [7, 11) is 1.60. The highest BCUT2D eigenvalue weighted by atomic mass is 32.2. The monoisotopic (exact) mass is 306 g/mol. The summed E-state index contributed by atoms with van der Waals surface area (Å²) < 4.78 is 18.1. The van der Waals surface area contributed by atoms with Crippen molar-refractivity contribution in [2.75, 3.05) is 23.9 Å². The number of thioether (sulfide) groups is 1. The highest BCUT2D eigenvalue weighted by molar-refractivity contribution is 8.00. The number of nitrogens with two attached hydrogens (primary N) is 1. The molecule has 0 heterocycles. The Labute approximate surface area is 126 Å². The Hall–Kier alpha value is -2.21. The second kappa shape index (κ2) is 6.99.